The number of hydrogen-bond acceptors (Lipinski definition) is 8. The van der Waals surface area contributed by atoms with Crippen LogP contribution in [-0.2, 0) is 4.74 Å². The van der Waals surface area contributed by atoms with E-state index in [4.69, 9.17) is 21.3 Å². The van der Waals surface area contributed by atoms with Crippen molar-refractivity contribution in [1.82, 2.24) is 15.4 Å². The number of nitrogens with zero attached hydrogens (tertiary/aromatic N) is 5. The van der Waals surface area contributed by atoms with Gasteiger partial charge in [-0.05, 0) is 54.1 Å². The van der Waals surface area contributed by atoms with Crippen LogP contribution in [0.2, 0.25) is 0 Å². The molecule has 3 aromatic rings. The van der Waals surface area contributed by atoms with E-state index in [1.807, 2.05) is 35.3 Å². The first-order valence-electron chi connectivity index (χ1n) is 10.1. The Morgan fingerprint density at radius 3 is 2.61 bits per heavy atom. The zero-order valence-corrected chi connectivity index (χ0v) is 17.6. The van der Waals surface area contributed by atoms with Crippen LogP contribution < -0.4 is 20.7 Å². The lowest BCUT2D eigenvalue weighted by Crippen LogP contribution is -2.36. The summed E-state index contributed by atoms with van der Waals surface area (Å²) in [6, 6.07) is 18.3. The fraction of sp³-hybridized carbons (Fsp3) is 0.227. The Labute approximate surface area is 185 Å². The number of ether oxygens (including phenoxy) is 1. The minimum atomic E-state index is 0.394. The van der Waals surface area contributed by atoms with E-state index >= 15 is 0 Å². The number of anilines is 4. The van der Waals surface area contributed by atoms with Gasteiger partial charge in [0.25, 0.3) is 0 Å². The molecule has 2 aliphatic rings. The quantitative estimate of drug-likeness (QED) is 0.593. The highest BCUT2D eigenvalue weighted by Gasteiger charge is 2.14. The van der Waals surface area contributed by atoms with E-state index in [9.17, 15) is 0 Å². The lowest BCUT2D eigenvalue weighted by atomic mass is 10.1. The Hall–Kier alpha value is -3.36. The number of benzene rings is 2. The lowest BCUT2D eigenvalue weighted by molar-refractivity contribution is 0.122. The van der Waals surface area contributed by atoms with Gasteiger partial charge in [0.2, 0.25) is 11.2 Å². The average Bonchev–Trinajstić information content (AvgIpc) is 3.27. The van der Waals surface area contributed by atoms with Crippen LogP contribution in [0.25, 0.3) is 11.3 Å². The number of halogens is 1. The first-order valence-corrected chi connectivity index (χ1v) is 10.5. The van der Waals surface area contributed by atoms with Crippen molar-refractivity contribution in [1.29, 1.82) is 0 Å². The molecule has 9 heteroatoms. The third-order valence-corrected chi connectivity index (χ3v) is 5.39. The van der Waals surface area contributed by atoms with Gasteiger partial charge < -0.3 is 15.0 Å². The molecule has 0 saturated carbocycles. The predicted octanol–water partition coefficient (Wildman–Crippen LogP) is 3.60. The number of amidine groups is 1. The molecule has 5 rings (SSSR count). The first-order chi connectivity index (χ1) is 15.2. The van der Waals surface area contributed by atoms with Crippen molar-refractivity contribution in [3.63, 3.8) is 0 Å². The highest BCUT2D eigenvalue weighted by atomic mass is 35.5. The van der Waals surface area contributed by atoms with Crippen LogP contribution in [0.15, 0.2) is 65.8 Å². The van der Waals surface area contributed by atoms with Crippen molar-refractivity contribution in [2.24, 2.45) is 4.99 Å². The summed E-state index contributed by atoms with van der Waals surface area (Å²) in [6.07, 6.45) is 1.77. The summed E-state index contributed by atoms with van der Waals surface area (Å²) in [4.78, 5) is 15.5. The molecule has 0 spiro atoms. The fourth-order valence-corrected chi connectivity index (χ4v) is 3.73. The van der Waals surface area contributed by atoms with Crippen LogP contribution in [0.1, 0.15) is 0 Å². The van der Waals surface area contributed by atoms with Crippen molar-refractivity contribution in [3.05, 3.63) is 60.8 Å². The normalized spacial score (nSPS) is 16.1. The summed E-state index contributed by atoms with van der Waals surface area (Å²) in [5, 5.41) is 5.54. The summed E-state index contributed by atoms with van der Waals surface area (Å²) in [6.45, 7) is 3.82. The van der Waals surface area contributed by atoms with Crippen LogP contribution in [0.3, 0.4) is 0 Å². The molecule has 0 atom stereocenters. The summed E-state index contributed by atoms with van der Waals surface area (Å²) in [5.41, 5.74) is 7.97. The van der Waals surface area contributed by atoms with Gasteiger partial charge in [-0.15, -0.1) is 0 Å². The minimum absolute atomic E-state index is 0.394. The third kappa shape index (κ3) is 4.55. The van der Waals surface area contributed by atoms with Crippen LogP contribution in [0.4, 0.5) is 23.0 Å². The fourth-order valence-electron chi connectivity index (χ4n) is 3.58. The van der Waals surface area contributed by atoms with E-state index in [0.717, 1.165) is 48.9 Å². The molecule has 8 nitrogen and oxygen atoms in total. The number of hydrazine groups is 1. The van der Waals surface area contributed by atoms with Gasteiger partial charge in [0.05, 0.1) is 24.6 Å². The Morgan fingerprint density at radius 1 is 1.00 bits per heavy atom. The second kappa shape index (κ2) is 8.79. The Morgan fingerprint density at radius 2 is 1.84 bits per heavy atom. The maximum Gasteiger partial charge on any atom is 0.227 e. The van der Waals surface area contributed by atoms with Gasteiger partial charge in [-0.1, -0.05) is 12.1 Å². The Balaban J connectivity index is 1.30. The number of morpholine rings is 1. The topological polar surface area (TPSA) is 77.9 Å². The highest BCUT2D eigenvalue weighted by molar-refractivity contribution is 6.65. The molecule has 3 heterocycles. The van der Waals surface area contributed by atoms with Crippen molar-refractivity contribution >= 4 is 39.9 Å². The average molecular weight is 436 g/mol. The van der Waals surface area contributed by atoms with Crippen LogP contribution in [-0.4, -0.2) is 48.2 Å². The van der Waals surface area contributed by atoms with Crippen molar-refractivity contribution in [2.75, 3.05) is 48.2 Å². The molecule has 0 bridgehead atoms. The molecule has 158 valence electrons. The van der Waals surface area contributed by atoms with Crippen LogP contribution in [0, 0.1) is 0 Å². The van der Waals surface area contributed by atoms with E-state index < -0.39 is 0 Å². The number of aromatic nitrogens is 2. The second-order valence-corrected chi connectivity index (χ2v) is 7.58. The van der Waals surface area contributed by atoms with Crippen LogP contribution in [0.5, 0.6) is 0 Å². The zero-order chi connectivity index (χ0) is 21.0. The van der Waals surface area contributed by atoms with E-state index in [0.29, 0.717) is 17.9 Å². The van der Waals surface area contributed by atoms with E-state index in [-0.39, 0.29) is 0 Å². The van der Waals surface area contributed by atoms with Gasteiger partial charge in [-0.25, -0.2) is 15.0 Å². The monoisotopic (exact) mass is 435 g/mol. The van der Waals surface area contributed by atoms with E-state index in [2.05, 4.69) is 49.9 Å². The number of hydrogen-bond donors (Lipinski definition) is 2. The molecular weight excluding hydrogens is 414 g/mol. The Kier molecular flexibility index (Phi) is 5.56. The van der Waals surface area contributed by atoms with Gasteiger partial charge in [0.1, 0.15) is 6.67 Å². The molecule has 1 saturated heterocycles. The molecule has 2 aromatic carbocycles. The molecule has 2 aliphatic heterocycles. The maximum atomic E-state index is 5.87. The molecule has 0 unspecified atom stereocenters. The molecule has 0 aliphatic carbocycles. The predicted molar refractivity (Wildman–Crippen MR) is 124 cm³/mol. The van der Waals surface area contributed by atoms with Crippen molar-refractivity contribution in [2.45, 2.75) is 0 Å². The zero-order valence-electron chi connectivity index (χ0n) is 16.8. The maximum absolute atomic E-state index is 5.87. The Bertz CT molecular complexity index is 1080. The molecule has 31 heavy (non-hydrogen) atoms. The second-order valence-electron chi connectivity index (χ2n) is 7.22. The molecule has 1 aromatic heterocycles. The van der Waals surface area contributed by atoms with Crippen LogP contribution >= 0.6 is 11.6 Å². The third-order valence-electron chi connectivity index (χ3n) is 5.19. The summed E-state index contributed by atoms with van der Waals surface area (Å²) in [5.74, 6) is 0.549. The molecule has 0 amide bonds. The van der Waals surface area contributed by atoms with Gasteiger partial charge in [-0.2, -0.15) is 0 Å². The minimum Gasteiger partial charge on any atom is -0.378 e. The first kappa shape index (κ1) is 19.6. The highest BCUT2D eigenvalue weighted by Crippen LogP contribution is 2.26. The van der Waals surface area contributed by atoms with Gasteiger partial charge in [0.15, 0.2) is 0 Å². The SMILES string of the molecule is ClC1=NCN(c2ccc(Nc3nccc(-c4cccc(N5CCOCC5)c4)n3)cc2)N1. The van der Waals surface area contributed by atoms with Crippen molar-refractivity contribution in [3.8, 4) is 11.3 Å². The smallest absolute Gasteiger partial charge is 0.227 e. The van der Waals surface area contributed by atoms with Gasteiger partial charge >= 0.3 is 0 Å². The van der Waals surface area contributed by atoms with Crippen molar-refractivity contribution < 1.29 is 4.74 Å². The van der Waals surface area contributed by atoms with Gasteiger partial charge in [0, 0.05) is 36.2 Å². The molecule has 2 N–H and O–H groups in total. The molecular formula is C22H22ClN7O. The largest absolute Gasteiger partial charge is 0.378 e. The summed E-state index contributed by atoms with van der Waals surface area (Å²) < 4.78 is 5.46. The molecule has 1 fully saturated rings. The summed E-state index contributed by atoms with van der Waals surface area (Å²) in [7, 11) is 0. The number of nitrogens with one attached hydrogen (secondary N) is 2. The molecule has 0 radical (unpaired) electrons. The van der Waals surface area contributed by atoms with Gasteiger partial charge in [-0.3, -0.25) is 10.4 Å². The standard InChI is InChI=1S/C22H22ClN7O/c23-21-25-15-30(28-21)18-6-4-17(5-7-18)26-22-24-9-8-20(27-22)16-2-1-3-19(14-16)29-10-12-31-13-11-29/h1-9,14H,10-13,15H2,(H,25,28)(H,24,26,27). The number of aliphatic imine (C=N–C) groups is 1. The number of rotatable bonds is 5. The lowest BCUT2D eigenvalue weighted by Gasteiger charge is -2.29. The van der Waals surface area contributed by atoms with E-state index in [1.165, 1.54) is 5.69 Å². The van der Waals surface area contributed by atoms with E-state index in [1.54, 1.807) is 6.20 Å². The summed E-state index contributed by atoms with van der Waals surface area (Å²) >= 11 is 5.87.